The molecule has 0 saturated carbocycles. The van der Waals surface area contributed by atoms with E-state index >= 15 is 0 Å². The predicted molar refractivity (Wildman–Crippen MR) is 90.5 cm³/mol. The van der Waals surface area contributed by atoms with Crippen LogP contribution in [0, 0.1) is 0 Å². The Labute approximate surface area is 122 Å². The molecule has 0 aliphatic heterocycles. The Kier molecular flexibility index (Phi) is 10.5. The molecule has 0 aromatic carbocycles. The van der Waals surface area contributed by atoms with Crippen LogP contribution in [0.25, 0.3) is 0 Å². The minimum atomic E-state index is 0.856. The Bertz CT molecular complexity index is 200. The Balaban J connectivity index is 3.70. The zero-order valence-corrected chi connectivity index (χ0v) is 14.5. The molecular weight excluding hydrogens is 325 g/mol. The van der Waals surface area contributed by atoms with Gasteiger partial charge in [0.1, 0.15) is 0 Å². The van der Waals surface area contributed by atoms with Gasteiger partial charge in [-0.2, -0.15) is 0 Å². The molecule has 0 rings (SSSR count). The largest absolute Gasteiger partial charge is 0.304 e. The first-order valence-corrected chi connectivity index (χ1v) is 10.3. The third kappa shape index (κ3) is 7.45. The van der Waals surface area contributed by atoms with Crippen LogP contribution in [0.3, 0.4) is 0 Å². The van der Waals surface area contributed by atoms with Gasteiger partial charge in [-0.1, -0.05) is 48.3 Å². The molecule has 0 aromatic rings. The van der Waals surface area contributed by atoms with Gasteiger partial charge >= 0.3 is 0 Å². The van der Waals surface area contributed by atoms with Crippen LogP contribution in [0.2, 0.25) is 0 Å². The molecule has 0 aromatic heterocycles. The lowest BCUT2D eigenvalue weighted by atomic mass is 11.2. The van der Waals surface area contributed by atoms with Crippen molar-refractivity contribution < 1.29 is 0 Å². The summed E-state index contributed by atoms with van der Waals surface area (Å²) in [6.07, 6.45) is 3.99. The number of rotatable bonds is 4. The van der Waals surface area contributed by atoms with Crippen molar-refractivity contribution in [3.8, 4) is 0 Å². The van der Waals surface area contributed by atoms with Crippen LogP contribution >= 0.6 is 79.7 Å². The standard InChI is InChI=1S/C6H12N2S7/c1-7(11-3)5(9)13-15-14-6(10)8(2)12-4/h1-4H3. The van der Waals surface area contributed by atoms with Crippen LogP contribution in [0.4, 0.5) is 0 Å². The van der Waals surface area contributed by atoms with Gasteiger partial charge in [0.15, 0.2) is 8.64 Å². The molecule has 88 valence electrons. The van der Waals surface area contributed by atoms with Crippen LogP contribution in [0.1, 0.15) is 0 Å². The fourth-order valence-corrected chi connectivity index (χ4v) is 6.36. The summed E-state index contributed by atoms with van der Waals surface area (Å²) in [6, 6.07) is 0. The normalized spacial score (nSPS) is 9.87. The Morgan fingerprint density at radius 3 is 1.47 bits per heavy atom. The molecule has 0 amide bonds. The number of thiocarbonyl (C=S) groups is 2. The summed E-state index contributed by atoms with van der Waals surface area (Å²) in [6.45, 7) is 0. The smallest absolute Gasteiger partial charge is 0.157 e. The molecule has 9 heteroatoms. The van der Waals surface area contributed by atoms with Crippen molar-refractivity contribution in [2.45, 2.75) is 0 Å². The highest BCUT2D eigenvalue weighted by molar-refractivity contribution is 9.15. The van der Waals surface area contributed by atoms with Gasteiger partial charge in [0, 0.05) is 26.6 Å². The van der Waals surface area contributed by atoms with Gasteiger partial charge in [0.25, 0.3) is 0 Å². The summed E-state index contributed by atoms with van der Waals surface area (Å²) in [7, 11) is 8.63. The summed E-state index contributed by atoms with van der Waals surface area (Å²) in [4.78, 5) is 0. The maximum Gasteiger partial charge on any atom is 0.157 e. The van der Waals surface area contributed by atoms with Gasteiger partial charge in [-0.25, -0.2) is 0 Å². The lowest BCUT2D eigenvalue weighted by Gasteiger charge is -2.16. The van der Waals surface area contributed by atoms with Crippen molar-refractivity contribution in [1.82, 2.24) is 8.61 Å². The summed E-state index contributed by atoms with van der Waals surface area (Å²) >= 11 is 13.6. The number of hydrogen-bond donors (Lipinski definition) is 0. The first kappa shape index (κ1) is 16.5. The summed E-state index contributed by atoms with van der Waals surface area (Å²) in [5.41, 5.74) is 0. The fraction of sp³-hybridized carbons (Fsp3) is 0.667. The molecule has 2 nitrogen and oxygen atoms in total. The molecule has 0 aliphatic carbocycles. The van der Waals surface area contributed by atoms with Crippen molar-refractivity contribution in [3.63, 3.8) is 0 Å². The lowest BCUT2D eigenvalue weighted by Crippen LogP contribution is -2.13. The van der Waals surface area contributed by atoms with E-state index in [9.17, 15) is 0 Å². The molecule has 0 heterocycles. The van der Waals surface area contributed by atoms with Gasteiger partial charge < -0.3 is 8.61 Å². The number of hydrogen-bond acceptors (Lipinski definition) is 7. The SMILES string of the molecule is CSN(C)C(=S)SSSC(=S)N(C)SC. The molecule has 0 atom stereocenters. The summed E-state index contributed by atoms with van der Waals surface area (Å²) in [5.74, 6) is 0. The van der Waals surface area contributed by atoms with Crippen LogP contribution in [0.15, 0.2) is 0 Å². The molecule has 0 fully saturated rings. The minimum absolute atomic E-state index is 0.856. The second-order valence-electron chi connectivity index (χ2n) is 2.13. The summed E-state index contributed by atoms with van der Waals surface area (Å²) in [5, 5.41) is 0. The fourth-order valence-electron chi connectivity index (χ4n) is 0.329. The van der Waals surface area contributed by atoms with Crippen LogP contribution < -0.4 is 0 Å². The van der Waals surface area contributed by atoms with E-state index in [1.165, 1.54) is 0 Å². The monoisotopic (exact) mass is 336 g/mol. The third-order valence-electron chi connectivity index (χ3n) is 1.27. The van der Waals surface area contributed by atoms with E-state index < -0.39 is 0 Å². The van der Waals surface area contributed by atoms with E-state index in [1.807, 2.05) is 35.2 Å². The molecule has 0 bridgehead atoms. The van der Waals surface area contributed by atoms with Crippen molar-refractivity contribution in [3.05, 3.63) is 0 Å². The summed E-state index contributed by atoms with van der Waals surface area (Å²) < 4.78 is 5.62. The van der Waals surface area contributed by atoms with Gasteiger partial charge in [0.2, 0.25) is 0 Å². The molecule has 0 radical (unpaired) electrons. The van der Waals surface area contributed by atoms with Crippen LogP contribution in [0.5, 0.6) is 0 Å². The maximum atomic E-state index is 5.19. The Morgan fingerprint density at radius 1 is 0.867 bits per heavy atom. The number of nitrogens with zero attached hydrogens (tertiary/aromatic N) is 2. The first-order chi connectivity index (χ1) is 7.02. The van der Waals surface area contributed by atoms with E-state index in [4.69, 9.17) is 24.4 Å². The predicted octanol–water partition coefficient (Wildman–Crippen LogP) is 4.01. The highest BCUT2D eigenvalue weighted by atomic mass is 33.5. The molecule has 15 heavy (non-hydrogen) atoms. The van der Waals surface area contributed by atoms with E-state index in [1.54, 1.807) is 55.3 Å². The van der Waals surface area contributed by atoms with Gasteiger partial charge in [0.05, 0.1) is 0 Å². The zero-order chi connectivity index (χ0) is 11.8. The maximum absolute atomic E-state index is 5.19. The first-order valence-electron chi connectivity index (χ1n) is 3.67. The van der Waals surface area contributed by atoms with E-state index in [2.05, 4.69) is 0 Å². The van der Waals surface area contributed by atoms with Crippen LogP contribution in [-0.2, 0) is 0 Å². The molecule has 0 spiro atoms. The third-order valence-corrected chi connectivity index (χ3v) is 8.43. The molecule has 0 aliphatic rings. The Hall–Kier alpha value is 1.53. The Morgan fingerprint density at radius 2 is 1.20 bits per heavy atom. The average Bonchev–Trinajstić information content (AvgIpc) is 2.26. The van der Waals surface area contributed by atoms with Gasteiger partial charge in [-0.15, -0.1) is 0 Å². The molecule has 0 N–H and O–H groups in total. The van der Waals surface area contributed by atoms with E-state index in [-0.39, 0.29) is 0 Å². The van der Waals surface area contributed by atoms with E-state index in [0.717, 1.165) is 8.64 Å². The van der Waals surface area contributed by atoms with Crippen molar-refractivity contribution in [2.75, 3.05) is 26.6 Å². The van der Waals surface area contributed by atoms with Gasteiger partial charge in [-0.05, 0) is 31.4 Å². The minimum Gasteiger partial charge on any atom is -0.304 e. The average molecular weight is 337 g/mol. The van der Waals surface area contributed by atoms with Crippen molar-refractivity contribution in [2.24, 2.45) is 0 Å². The highest BCUT2D eigenvalue weighted by Crippen LogP contribution is 2.39. The molecule has 0 unspecified atom stereocenters. The van der Waals surface area contributed by atoms with Crippen molar-refractivity contribution >= 4 is 88.4 Å². The van der Waals surface area contributed by atoms with Crippen molar-refractivity contribution in [1.29, 1.82) is 0 Å². The quantitative estimate of drug-likeness (QED) is 0.423. The topological polar surface area (TPSA) is 6.48 Å². The second kappa shape index (κ2) is 9.55. The zero-order valence-electron chi connectivity index (χ0n) is 8.75. The molecular formula is C6H12N2S7. The highest BCUT2D eigenvalue weighted by Gasteiger charge is 2.08. The van der Waals surface area contributed by atoms with Crippen LogP contribution in [-0.4, -0.2) is 43.9 Å². The molecule has 0 saturated heterocycles. The van der Waals surface area contributed by atoms with Gasteiger partial charge in [-0.3, -0.25) is 0 Å². The lowest BCUT2D eigenvalue weighted by molar-refractivity contribution is 0.885. The van der Waals surface area contributed by atoms with E-state index in [0.29, 0.717) is 0 Å². The second-order valence-corrected chi connectivity index (χ2v) is 9.12.